The lowest BCUT2D eigenvalue weighted by Crippen LogP contribution is -2.52. The van der Waals surface area contributed by atoms with E-state index in [0.29, 0.717) is 16.8 Å². The summed E-state index contributed by atoms with van der Waals surface area (Å²) in [5.74, 6) is 10.4. The number of allylic oxidation sites excluding steroid dienone is 2. The monoisotopic (exact) mass is 466 g/mol. The van der Waals surface area contributed by atoms with E-state index < -0.39 is 34.9 Å². The number of carbonyl (C=O) groups is 2. The average molecular weight is 466 g/mol. The Balaban J connectivity index is 1.67. The summed E-state index contributed by atoms with van der Waals surface area (Å²) in [5.41, 5.74) is 5.27. The number of ketones is 2. The minimum atomic E-state index is -1.34. The summed E-state index contributed by atoms with van der Waals surface area (Å²) in [5, 5.41) is 25.7. The normalized spacial score (nSPS) is 29.7. The van der Waals surface area contributed by atoms with E-state index in [2.05, 4.69) is 29.0 Å². The summed E-state index contributed by atoms with van der Waals surface area (Å²) >= 11 is 0. The van der Waals surface area contributed by atoms with Crippen molar-refractivity contribution in [1.82, 2.24) is 0 Å². The number of rotatable bonds is 2. The van der Waals surface area contributed by atoms with Crippen LogP contribution in [-0.2, 0) is 16.9 Å². The lowest BCUT2D eigenvalue weighted by Gasteiger charge is -2.38. The zero-order valence-electron chi connectivity index (χ0n) is 19.1. The summed E-state index contributed by atoms with van der Waals surface area (Å²) in [7, 11) is 0. The molecule has 174 valence electrons. The van der Waals surface area contributed by atoms with Gasteiger partial charge in [0.1, 0.15) is 17.4 Å². The first-order chi connectivity index (χ1) is 16.8. The number of benzene rings is 2. The van der Waals surface area contributed by atoms with Crippen molar-refractivity contribution in [3.05, 3.63) is 69.8 Å². The van der Waals surface area contributed by atoms with E-state index in [1.807, 2.05) is 13.8 Å². The van der Waals surface area contributed by atoms with Crippen LogP contribution in [-0.4, -0.2) is 39.5 Å². The lowest BCUT2D eigenvalue weighted by molar-refractivity contribution is 0.0975. The van der Waals surface area contributed by atoms with Crippen molar-refractivity contribution in [2.24, 2.45) is 11.7 Å². The van der Waals surface area contributed by atoms with Gasteiger partial charge in [0.05, 0.1) is 16.8 Å². The molecule has 5 N–H and O–H groups in total. The molecule has 35 heavy (non-hydrogen) atoms. The van der Waals surface area contributed by atoms with Gasteiger partial charge in [-0.15, -0.1) is 0 Å². The first kappa shape index (κ1) is 21.6. The fourth-order valence-corrected chi connectivity index (χ4v) is 5.86. The van der Waals surface area contributed by atoms with Crippen molar-refractivity contribution in [2.75, 3.05) is 5.32 Å². The van der Waals surface area contributed by atoms with Gasteiger partial charge in [0.15, 0.2) is 23.3 Å². The molecule has 4 aliphatic rings. The molecule has 4 atom stereocenters. The zero-order valence-corrected chi connectivity index (χ0v) is 19.1. The van der Waals surface area contributed by atoms with Crippen molar-refractivity contribution in [3.8, 4) is 29.4 Å². The number of nitrogens with two attached hydrogens (primary N) is 1. The van der Waals surface area contributed by atoms with Gasteiger partial charge in [0.25, 0.3) is 0 Å². The quantitative estimate of drug-likeness (QED) is 0.259. The predicted molar refractivity (Wildman–Crippen MR) is 128 cm³/mol. The smallest absolute Gasteiger partial charge is 0.198 e. The highest BCUT2D eigenvalue weighted by atomic mass is 16.6. The SMILES string of the molecule is CC(C)[C@@]12O[C@]13c1cc(O)c4c(c1N[C@H]2C#C/C=C\C#C[C@H]3O)C(=O)c1cc(CN)ccc1C4=O. The second-order valence-corrected chi connectivity index (χ2v) is 9.49. The van der Waals surface area contributed by atoms with E-state index in [4.69, 9.17) is 10.5 Å². The van der Waals surface area contributed by atoms with E-state index in [-0.39, 0.29) is 40.5 Å². The molecule has 2 aromatic carbocycles. The Hall–Kier alpha value is -3.88. The predicted octanol–water partition coefficient (Wildman–Crippen LogP) is 1.98. The number of anilines is 1. The molecule has 0 amide bonds. The summed E-state index contributed by atoms with van der Waals surface area (Å²) in [4.78, 5) is 27.3. The van der Waals surface area contributed by atoms with Gasteiger partial charge in [0.2, 0.25) is 0 Å². The third kappa shape index (κ3) is 2.53. The number of ether oxygens (including phenoxy) is 1. The molecule has 0 radical (unpaired) electrons. The van der Waals surface area contributed by atoms with Crippen LogP contribution in [0.2, 0.25) is 0 Å². The van der Waals surface area contributed by atoms with Crippen molar-refractivity contribution < 1.29 is 24.5 Å². The molecule has 2 heterocycles. The molecule has 0 spiro atoms. The topological polar surface area (TPSA) is 125 Å². The van der Waals surface area contributed by atoms with E-state index >= 15 is 0 Å². The maximum atomic E-state index is 13.8. The molecule has 2 aromatic rings. The van der Waals surface area contributed by atoms with E-state index in [0.717, 1.165) is 0 Å². The van der Waals surface area contributed by atoms with Crippen LogP contribution in [0.3, 0.4) is 0 Å². The first-order valence-corrected chi connectivity index (χ1v) is 11.4. The molecule has 7 heteroatoms. The van der Waals surface area contributed by atoms with Gasteiger partial charge in [-0.1, -0.05) is 43.6 Å². The van der Waals surface area contributed by atoms with Crippen LogP contribution in [0.5, 0.6) is 5.75 Å². The molecule has 6 rings (SSSR count). The third-order valence-corrected chi connectivity index (χ3v) is 7.50. The number of aliphatic hydroxyl groups excluding tert-OH is 1. The zero-order chi connectivity index (χ0) is 24.7. The Morgan fingerprint density at radius 1 is 1.09 bits per heavy atom. The standard InChI is InChI=1S/C28H22N2O5/c1-14(2)27-20-7-5-3-4-6-8-21(32)28(27,35-27)18-12-19(31)22-23(24(18)30-20)26(34)17-11-15(13-29)9-10-16(17)25(22)33/h3-4,9-12,14,20-21,30-32H,13,29H2,1-2H3/b4-3-/t20-,21+,27-,28-/m0/s1. The molecule has 2 aliphatic heterocycles. The molecule has 7 nitrogen and oxygen atoms in total. The summed E-state index contributed by atoms with van der Waals surface area (Å²) in [6, 6.07) is 5.67. The number of phenols is 1. The summed E-state index contributed by atoms with van der Waals surface area (Å²) in [6.07, 6.45) is 1.87. The molecule has 0 unspecified atom stereocenters. The van der Waals surface area contributed by atoms with Crippen LogP contribution in [0.15, 0.2) is 36.4 Å². The number of nitrogens with one attached hydrogen (secondary N) is 1. The molecule has 1 saturated heterocycles. The number of hydrogen-bond acceptors (Lipinski definition) is 7. The number of phenolic OH excluding ortho intramolecular Hbond substituents is 1. The Morgan fingerprint density at radius 3 is 2.51 bits per heavy atom. The van der Waals surface area contributed by atoms with Gasteiger partial charge in [-0.05, 0) is 41.8 Å². The number of fused-ring (bicyclic) bond motifs is 4. The van der Waals surface area contributed by atoms with E-state index in [1.54, 1.807) is 30.4 Å². The summed E-state index contributed by atoms with van der Waals surface area (Å²) < 4.78 is 6.39. The second-order valence-electron chi connectivity index (χ2n) is 9.49. The molecular weight excluding hydrogens is 444 g/mol. The molecular formula is C28H22N2O5. The number of carbonyl (C=O) groups excluding carboxylic acids is 2. The Labute approximate surface area is 202 Å². The van der Waals surface area contributed by atoms with Crippen LogP contribution in [0, 0.1) is 29.6 Å². The number of aromatic hydroxyl groups is 1. The van der Waals surface area contributed by atoms with Crippen molar-refractivity contribution in [3.63, 3.8) is 0 Å². The number of hydrogen-bond donors (Lipinski definition) is 4. The van der Waals surface area contributed by atoms with Crippen LogP contribution >= 0.6 is 0 Å². The van der Waals surface area contributed by atoms with Crippen molar-refractivity contribution in [1.29, 1.82) is 0 Å². The van der Waals surface area contributed by atoms with E-state index in [1.165, 1.54) is 6.07 Å². The maximum absolute atomic E-state index is 13.8. The first-order valence-electron chi connectivity index (χ1n) is 11.4. The molecule has 1 fully saturated rings. The van der Waals surface area contributed by atoms with Crippen molar-refractivity contribution >= 4 is 17.3 Å². The Kier molecular flexibility index (Phi) is 4.37. The number of epoxide rings is 1. The van der Waals surface area contributed by atoms with Crippen molar-refractivity contribution in [2.45, 2.75) is 43.7 Å². The highest BCUT2D eigenvalue weighted by molar-refractivity contribution is 6.31. The van der Waals surface area contributed by atoms with Crippen LogP contribution in [0.1, 0.15) is 56.8 Å². The number of aliphatic hydroxyl groups is 1. The van der Waals surface area contributed by atoms with Gasteiger partial charge < -0.3 is 26.0 Å². The Bertz CT molecular complexity index is 1520. The van der Waals surface area contributed by atoms with Gasteiger partial charge in [0, 0.05) is 23.2 Å². The minimum absolute atomic E-state index is 0.0402. The minimum Gasteiger partial charge on any atom is -0.507 e. The Morgan fingerprint density at radius 2 is 1.80 bits per heavy atom. The molecule has 0 saturated carbocycles. The lowest BCUT2D eigenvalue weighted by atomic mass is 9.67. The van der Waals surface area contributed by atoms with Gasteiger partial charge in [-0.25, -0.2) is 0 Å². The molecule has 2 aliphatic carbocycles. The largest absolute Gasteiger partial charge is 0.507 e. The maximum Gasteiger partial charge on any atom is 0.198 e. The second kappa shape index (κ2) is 7.07. The summed E-state index contributed by atoms with van der Waals surface area (Å²) in [6.45, 7) is 4.13. The average Bonchev–Trinajstić information content (AvgIpc) is 3.57. The third-order valence-electron chi connectivity index (χ3n) is 7.50. The van der Waals surface area contributed by atoms with Gasteiger partial charge >= 0.3 is 0 Å². The van der Waals surface area contributed by atoms with Crippen LogP contribution in [0.4, 0.5) is 5.69 Å². The highest BCUT2D eigenvalue weighted by Crippen LogP contribution is 2.68. The fourth-order valence-electron chi connectivity index (χ4n) is 5.86. The fraction of sp³-hybridized carbons (Fsp3) is 0.286. The van der Waals surface area contributed by atoms with Crippen LogP contribution < -0.4 is 11.1 Å². The van der Waals surface area contributed by atoms with Gasteiger partial charge in [-0.2, -0.15) is 0 Å². The van der Waals surface area contributed by atoms with Gasteiger partial charge in [-0.3, -0.25) is 9.59 Å². The van der Waals surface area contributed by atoms with Crippen LogP contribution in [0.25, 0.3) is 0 Å². The highest BCUT2D eigenvalue weighted by Gasteiger charge is 2.81. The van der Waals surface area contributed by atoms with E-state index in [9.17, 15) is 19.8 Å². The molecule has 0 aromatic heterocycles. The molecule has 2 bridgehead atoms.